The van der Waals surface area contributed by atoms with E-state index in [2.05, 4.69) is 0 Å². The first kappa shape index (κ1) is 19.1. The van der Waals surface area contributed by atoms with Gasteiger partial charge in [-0.2, -0.15) is 0 Å². The predicted octanol–water partition coefficient (Wildman–Crippen LogP) is 0.931. The number of amides is 2. The van der Waals surface area contributed by atoms with Crippen molar-refractivity contribution in [3.63, 3.8) is 0 Å². The van der Waals surface area contributed by atoms with Crippen LogP contribution in [-0.4, -0.2) is 45.5 Å². The highest BCUT2D eigenvalue weighted by Crippen LogP contribution is 2.27. The number of halogens is 2. The van der Waals surface area contributed by atoms with Gasteiger partial charge in [-0.1, -0.05) is 0 Å². The van der Waals surface area contributed by atoms with E-state index in [0.717, 1.165) is 6.92 Å². The van der Waals surface area contributed by atoms with Crippen molar-refractivity contribution in [2.45, 2.75) is 19.4 Å². The van der Waals surface area contributed by atoms with Crippen molar-refractivity contribution in [3.8, 4) is 5.75 Å². The molecular weight excluding hydrogens is 518 g/mol. The molecule has 0 aliphatic rings. The highest BCUT2D eigenvalue weighted by Gasteiger charge is 2.26. The average molecular weight is 532 g/mol. The van der Waals surface area contributed by atoms with E-state index in [4.69, 9.17) is 10.8 Å². The van der Waals surface area contributed by atoms with Crippen LogP contribution in [0.15, 0.2) is 12.1 Å². The van der Waals surface area contributed by atoms with E-state index in [1.165, 1.54) is 0 Å². The number of imide groups is 1. The van der Waals surface area contributed by atoms with Crippen LogP contribution in [0.25, 0.3) is 0 Å². The Bertz CT molecular complexity index is 597. The third kappa shape index (κ3) is 5.05. The number of phenolic OH excluding ortho intramolecular Hbond substituents is 1. The van der Waals surface area contributed by atoms with Crippen LogP contribution in [-0.2, 0) is 20.8 Å². The molecule has 0 saturated heterocycles. The zero-order valence-corrected chi connectivity index (χ0v) is 15.9. The molecule has 1 aromatic rings. The smallest absolute Gasteiger partial charge is 0.323 e. The fourth-order valence-electron chi connectivity index (χ4n) is 1.76. The topological polar surface area (TPSA) is 121 Å². The number of nitrogens with zero attached hydrogens (tertiary/aromatic N) is 1. The molecule has 0 heterocycles. The summed E-state index contributed by atoms with van der Waals surface area (Å²) in [4.78, 5) is 34.8. The fraction of sp³-hybridized carbons (Fsp3) is 0.308. The van der Waals surface area contributed by atoms with Crippen LogP contribution in [0.2, 0.25) is 0 Å². The van der Waals surface area contributed by atoms with Crippen LogP contribution in [0.1, 0.15) is 12.5 Å². The van der Waals surface area contributed by atoms with Crippen LogP contribution in [0.3, 0.4) is 0 Å². The predicted molar refractivity (Wildman–Crippen MR) is 95.3 cm³/mol. The third-order valence-electron chi connectivity index (χ3n) is 2.79. The number of hydrogen-bond donors (Lipinski definition) is 3. The Hall–Kier alpha value is -0.950. The molecule has 0 radical (unpaired) electrons. The summed E-state index contributed by atoms with van der Waals surface area (Å²) in [5.74, 6) is -2.55. The van der Waals surface area contributed by atoms with Gasteiger partial charge in [0, 0.05) is 6.92 Å². The molecule has 0 spiro atoms. The number of carbonyl (C=O) groups is 3. The maximum atomic E-state index is 12.1. The number of benzene rings is 1. The van der Waals surface area contributed by atoms with Crippen molar-refractivity contribution in [2.75, 3.05) is 6.54 Å². The second kappa shape index (κ2) is 8.06. The van der Waals surface area contributed by atoms with E-state index in [1.807, 2.05) is 45.2 Å². The minimum absolute atomic E-state index is 0.133. The first-order chi connectivity index (χ1) is 10.1. The molecule has 1 rings (SSSR count). The van der Waals surface area contributed by atoms with Crippen molar-refractivity contribution >= 4 is 63.0 Å². The summed E-state index contributed by atoms with van der Waals surface area (Å²) in [7, 11) is 0. The van der Waals surface area contributed by atoms with Gasteiger partial charge >= 0.3 is 5.97 Å². The summed E-state index contributed by atoms with van der Waals surface area (Å²) in [5.41, 5.74) is 6.51. The van der Waals surface area contributed by atoms with Crippen LogP contribution in [0.5, 0.6) is 5.75 Å². The molecule has 1 aromatic carbocycles. The van der Waals surface area contributed by atoms with Crippen molar-refractivity contribution in [1.29, 1.82) is 0 Å². The second-order valence-corrected chi connectivity index (χ2v) is 6.88. The lowest BCUT2D eigenvalue weighted by atomic mass is 10.1. The first-order valence-corrected chi connectivity index (χ1v) is 8.25. The highest BCUT2D eigenvalue weighted by atomic mass is 127. The largest absolute Gasteiger partial charge is 0.506 e. The lowest BCUT2D eigenvalue weighted by molar-refractivity contribution is -0.152. The molecule has 2 amide bonds. The number of carboxylic acids is 1. The van der Waals surface area contributed by atoms with Gasteiger partial charge in [-0.15, -0.1) is 0 Å². The van der Waals surface area contributed by atoms with Gasteiger partial charge in [-0.05, 0) is 69.3 Å². The number of aliphatic carboxylic acids is 1. The molecule has 1 atom stereocenters. The van der Waals surface area contributed by atoms with Gasteiger partial charge < -0.3 is 15.9 Å². The molecule has 120 valence electrons. The van der Waals surface area contributed by atoms with Crippen LogP contribution in [0, 0.1) is 7.14 Å². The zero-order chi connectivity index (χ0) is 17.0. The van der Waals surface area contributed by atoms with Gasteiger partial charge in [0.15, 0.2) is 0 Å². The maximum absolute atomic E-state index is 12.1. The van der Waals surface area contributed by atoms with E-state index in [-0.39, 0.29) is 12.2 Å². The third-order valence-corrected chi connectivity index (χ3v) is 4.43. The second-order valence-electron chi connectivity index (χ2n) is 4.56. The Morgan fingerprint density at radius 3 is 2.18 bits per heavy atom. The molecule has 9 heteroatoms. The van der Waals surface area contributed by atoms with Gasteiger partial charge in [-0.3, -0.25) is 19.3 Å². The number of phenols is 1. The molecule has 0 aromatic heterocycles. The van der Waals surface area contributed by atoms with Gasteiger partial charge in [0.05, 0.1) is 13.2 Å². The number of hydrogen-bond acceptors (Lipinski definition) is 5. The number of carbonyl (C=O) groups excluding carboxylic acids is 2. The molecule has 0 aliphatic carbocycles. The van der Waals surface area contributed by atoms with Gasteiger partial charge in [0.1, 0.15) is 12.3 Å². The quantitative estimate of drug-likeness (QED) is 0.486. The lowest BCUT2D eigenvalue weighted by Crippen LogP contribution is -2.48. The molecule has 0 fully saturated rings. The average Bonchev–Trinajstić information content (AvgIpc) is 2.40. The van der Waals surface area contributed by atoms with Crippen molar-refractivity contribution in [3.05, 3.63) is 24.8 Å². The number of aromatic hydroxyl groups is 1. The molecular formula is C13H14I2N2O5. The monoisotopic (exact) mass is 532 g/mol. The van der Waals surface area contributed by atoms with Crippen LogP contribution in [0.4, 0.5) is 0 Å². The summed E-state index contributed by atoms with van der Waals surface area (Å²) < 4.78 is 1.24. The van der Waals surface area contributed by atoms with Crippen molar-refractivity contribution in [1.82, 2.24) is 4.90 Å². The van der Waals surface area contributed by atoms with Crippen LogP contribution < -0.4 is 5.73 Å². The summed E-state index contributed by atoms with van der Waals surface area (Å²) >= 11 is 3.91. The Morgan fingerprint density at radius 2 is 1.77 bits per heavy atom. The van der Waals surface area contributed by atoms with E-state index < -0.39 is 30.4 Å². The fourth-order valence-corrected chi connectivity index (χ4v) is 3.65. The summed E-state index contributed by atoms with van der Waals surface area (Å²) in [5, 5.41) is 18.4. The molecule has 0 aliphatic heterocycles. The van der Waals surface area contributed by atoms with Crippen LogP contribution >= 0.6 is 45.2 Å². The molecule has 1 unspecified atom stereocenters. The summed E-state index contributed by atoms with van der Waals surface area (Å²) in [6.07, 6.45) is 0.133. The lowest BCUT2D eigenvalue weighted by Gasteiger charge is -2.21. The zero-order valence-electron chi connectivity index (χ0n) is 11.5. The van der Waals surface area contributed by atoms with E-state index >= 15 is 0 Å². The SMILES string of the molecule is CC(=O)N(CC(=O)O)C(=O)C(N)Cc1cc(I)c(O)c(I)c1. The summed E-state index contributed by atoms with van der Waals surface area (Å²) in [6, 6.07) is 2.32. The Kier molecular flexibility index (Phi) is 6.99. The molecule has 0 bridgehead atoms. The Balaban J connectivity index is 2.91. The highest BCUT2D eigenvalue weighted by molar-refractivity contribution is 14.1. The molecule has 22 heavy (non-hydrogen) atoms. The normalized spacial score (nSPS) is 11.8. The standard InChI is InChI=1S/C13H14I2N2O5/c1-6(18)17(5-11(19)20)13(22)10(16)4-7-2-8(14)12(21)9(15)3-7/h2-3,10,21H,4-5,16H2,1H3,(H,19,20). The van der Waals surface area contributed by atoms with Crippen molar-refractivity contribution < 1.29 is 24.6 Å². The van der Waals surface area contributed by atoms with E-state index in [0.29, 0.717) is 17.6 Å². The number of rotatable bonds is 5. The molecule has 0 saturated carbocycles. The van der Waals surface area contributed by atoms with Gasteiger partial charge in [0.2, 0.25) is 11.8 Å². The maximum Gasteiger partial charge on any atom is 0.323 e. The van der Waals surface area contributed by atoms with Gasteiger partial charge in [0.25, 0.3) is 0 Å². The minimum Gasteiger partial charge on any atom is -0.506 e. The van der Waals surface area contributed by atoms with Crippen molar-refractivity contribution in [2.24, 2.45) is 5.73 Å². The summed E-state index contributed by atoms with van der Waals surface area (Å²) in [6.45, 7) is 0.395. The molecule has 7 nitrogen and oxygen atoms in total. The number of carboxylic acid groups (broad SMARTS) is 1. The molecule has 4 N–H and O–H groups in total. The van der Waals surface area contributed by atoms with E-state index in [1.54, 1.807) is 12.1 Å². The van der Waals surface area contributed by atoms with Gasteiger partial charge in [-0.25, -0.2) is 0 Å². The van der Waals surface area contributed by atoms with E-state index in [9.17, 15) is 19.5 Å². The Labute approximate surface area is 154 Å². The first-order valence-electron chi connectivity index (χ1n) is 6.09. The Morgan fingerprint density at radius 1 is 1.27 bits per heavy atom. The minimum atomic E-state index is -1.29. The number of nitrogens with two attached hydrogens (primary N) is 1.